The van der Waals surface area contributed by atoms with Crippen molar-refractivity contribution in [3.8, 4) is 0 Å². The number of benzene rings is 1. The van der Waals surface area contributed by atoms with Crippen LogP contribution in [0.25, 0.3) is 0 Å². The van der Waals surface area contributed by atoms with E-state index in [1.807, 2.05) is 24.4 Å². The molecule has 0 spiro atoms. The number of carbonyl (C=O) groups is 2. The lowest BCUT2D eigenvalue weighted by molar-refractivity contribution is 0.0697. The van der Waals surface area contributed by atoms with Crippen LogP contribution in [0.4, 0.5) is 10.5 Å². The average Bonchev–Trinajstić information content (AvgIpc) is 2.98. The molecule has 2 rings (SSSR count). The summed E-state index contributed by atoms with van der Waals surface area (Å²) in [5.41, 5.74) is 0.772. The number of thiophene rings is 1. The van der Waals surface area contributed by atoms with Crippen LogP contribution in [0.15, 0.2) is 41.8 Å². The summed E-state index contributed by atoms with van der Waals surface area (Å²) >= 11 is 1.61. The number of anilines is 1. The Balaban J connectivity index is 2.00. The number of amides is 2. The minimum atomic E-state index is -0.985. The van der Waals surface area contributed by atoms with Crippen LogP contribution in [0.3, 0.4) is 0 Å². The highest BCUT2D eigenvalue weighted by atomic mass is 32.1. The topological polar surface area (TPSA) is 69.6 Å². The maximum absolute atomic E-state index is 12.2. The molecule has 2 amide bonds. The maximum Gasteiger partial charge on any atom is 0.335 e. The summed E-state index contributed by atoms with van der Waals surface area (Å²) in [6.45, 7) is 3.07. The molecule has 0 saturated carbocycles. The Morgan fingerprint density at radius 3 is 2.48 bits per heavy atom. The zero-order valence-corrected chi connectivity index (χ0v) is 12.4. The molecule has 5 nitrogen and oxygen atoms in total. The first-order chi connectivity index (χ1) is 10.1. The van der Waals surface area contributed by atoms with Gasteiger partial charge in [-0.2, -0.15) is 0 Å². The van der Waals surface area contributed by atoms with Crippen molar-refractivity contribution in [3.63, 3.8) is 0 Å². The Bertz CT molecular complexity index is 608. The molecule has 0 aliphatic heterocycles. The molecule has 0 saturated heterocycles. The standard InChI is InChI=1S/C15H16N2O3S/c1-2-17(10-13-4-3-9-21-13)15(20)16-12-7-5-11(6-8-12)14(18)19/h3-9H,2,10H2,1H3,(H,16,20)(H,18,19). The molecular weight excluding hydrogens is 288 g/mol. The van der Waals surface area contributed by atoms with Crippen LogP contribution in [0.5, 0.6) is 0 Å². The van der Waals surface area contributed by atoms with E-state index in [4.69, 9.17) is 5.11 Å². The van der Waals surface area contributed by atoms with E-state index >= 15 is 0 Å². The zero-order chi connectivity index (χ0) is 15.2. The second-order valence-corrected chi connectivity index (χ2v) is 5.44. The normalized spacial score (nSPS) is 10.1. The van der Waals surface area contributed by atoms with Crippen molar-refractivity contribution in [1.82, 2.24) is 4.90 Å². The summed E-state index contributed by atoms with van der Waals surface area (Å²) in [5, 5.41) is 13.6. The fraction of sp³-hybridized carbons (Fsp3) is 0.200. The first-order valence-electron chi connectivity index (χ1n) is 6.52. The number of nitrogens with zero attached hydrogens (tertiary/aromatic N) is 1. The Hall–Kier alpha value is -2.34. The van der Waals surface area contributed by atoms with Crippen molar-refractivity contribution in [2.24, 2.45) is 0 Å². The number of aromatic carboxylic acids is 1. The van der Waals surface area contributed by atoms with Gasteiger partial charge in [-0.25, -0.2) is 9.59 Å². The van der Waals surface area contributed by atoms with Gasteiger partial charge in [0.2, 0.25) is 0 Å². The maximum atomic E-state index is 12.2. The predicted octanol–water partition coefficient (Wildman–Crippen LogP) is 3.50. The van der Waals surface area contributed by atoms with Gasteiger partial charge in [0.15, 0.2) is 0 Å². The number of carboxylic acid groups (broad SMARTS) is 1. The lowest BCUT2D eigenvalue weighted by Gasteiger charge is -2.20. The van der Waals surface area contributed by atoms with Gasteiger partial charge in [0.05, 0.1) is 12.1 Å². The van der Waals surface area contributed by atoms with E-state index in [-0.39, 0.29) is 11.6 Å². The van der Waals surface area contributed by atoms with E-state index in [1.165, 1.54) is 12.1 Å². The lowest BCUT2D eigenvalue weighted by Crippen LogP contribution is -2.34. The predicted molar refractivity (Wildman–Crippen MR) is 82.8 cm³/mol. The van der Waals surface area contributed by atoms with Crippen LogP contribution in [-0.4, -0.2) is 28.6 Å². The summed E-state index contributed by atoms with van der Waals surface area (Å²) in [5.74, 6) is -0.985. The molecule has 0 aliphatic carbocycles. The van der Waals surface area contributed by atoms with Crippen LogP contribution in [0.2, 0.25) is 0 Å². The number of hydrogen-bond donors (Lipinski definition) is 2. The SMILES string of the molecule is CCN(Cc1cccs1)C(=O)Nc1ccc(C(=O)O)cc1. The second kappa shape index (κ2) is 6.90. The first-order valence-corrected chi connectivity index (χ1v) is 7.39. The number of nitrogens with one attached hydrogen (secondary N) is 1. The first kappa shape index (κ1) is 15.1. The van der Waals surface area contributed by atoms with Gasteiger partial charge in [0, 0.05) is 17.1 Å². The van der Waals surface area contributed by atoms with Gasteiger partial charge in [-0.3, -0.25) is 0 Å². The van der Waals surface area contributed by atoms with Gasteiger partial charge in [-0.15, -0.1) is 11.3 Å². The summed E-state index contributed by atoms with van der Waals surface area (Å²) in [6.07, 6.45) is 0. The third-order valence-corrected chi connectivity index (χ3v) is 3.84. The molecule has 21 heavy (non-hydrogen) atoms. The van der Waals surface area contributed by atoms with Gasteiger partial charge >= 0.3 is 12.0 Å². The van der Waals surface area contributed by atoms with Crippen LogP contribution < -0.4 is 5.32 Å². The minimum absolute atomic E-state index is 0.193. The molecule has 0 bridgehead atoms. The third kappa shape index (κ3) is 4.06. The Morgan fingerprint density at radius 2 is 1.95 bits per heavy atom. The van der Waals surface area contributed by atoms with Crippen LogP contribution in [0, 0.1) is 0 Å². The van der Waals surface area contributed by atoms with Crippen molar-refractivity contribution in [2.45, 2.75) is 13.5 Å². The molecule has 2 aromatic rings. The molecular formula is C15H16N2O3S. The molecule has 1 aromatic carbocycles. The molecule has 0 aliphatic rings. The smallest absolute Gasteiger partial charge is 0.335 e. The number of rotatable bonds is 5. The van der Waals surface area contributed by atoms with Gasteiger partial charge < -0.3 is 15.3 Å². The molecule has 1 heterocycles. The van der Waals surface area contributed by atoms with Gasteiger partial charge in [-0.1, -0.05) is 6.07 Å². The van der Waals surface area contributed by atoms with Gasteiger partial charge in [-0.05, 0) is 42.6 Å². The van der Waals surface area contributed by atoms with Crippen LogP contribution in [-0.2, 0) is 6.54 Å². The fourth-order valence-corrected chi connectivity index (χ4v) is 2.54. The Labute approximate surface area is 126 Å². The molecule has 6 heteroatoms. The van der Waals surface area contributed by atoms with Crippen molar-refractivity contribution in [3.05, 3.63) is 52.2 Å². The van der Waals surface area contributed by atoms with E-state index in [1.54, 1.807) is 28.4 Å². The largest absolute Gasteiger partial charge is 0.478 e. The van der Waals surface area contributed by atoms with E-state index in [0.717, 1.165) is 4.88 Å². The number of hydrogen-bond acceptors (Lipinski definition) is 3. The highest BCUT2D eigenvalue weighted by molar-refractivity contribution is 7.09. The third-order valence-electron chi connectivity index (χ3n) is 2.98. The molecule has 2 N–H and O–H groups in total. The van der Waals surface area contributed by atoms with E-state index < -0.39 is 5.97 Å². The number of carboxylic acids is 1. The van der Waals surface area contributed by atoms with Crippen molar-refractivity contribution < 1.29 is 14.7 Å². The lowest BCUT2D eigenvalue weighted by atomic mass is 10.2. The summed E-state index contributed by atoms with van der Waals surface area (Å²) in [7, 11) is 0. The quantitative estimate of drug-likeness (QED) is 0.888. The van der Waals surface area contributed by atoms with Gasteiger partial charge in [0.25, 0.3) is 0 Å². The summed E-state index contributed by atoms with van der Waals surface area (Å²) in [6, 6.07) is 9.84. The van der Waals surface area contributed by atoms with Crippen molar-refractivity contribution in [2.75, 3.05) is 11.9 Å². The molecule has 1 aromatic heterocycles. The van der Waals surface area contributed by atoms with Crippen molar-refractivity contribution >= 4 is 29.0 Å². The molecule has 0 radical (unpaired) electrons. The van der Waals surface area contributed by atoms with Gasteiger partial charge in [0.1, 0.15) is 0 Å². The number of carbonyl (C=O) groups excluding carboxylic acids is 1. The highest BCUT2D eigenvalue weighted by Crippen LogP contribution is 2.14. The van der Waals surface area contributed by atoms with E-state index in [9.17, 15) is 9.59 Å². The fourth-order valence-electron chi connectivity index (χ4n) is 1.82. The van der Waals surface area contributed by atoms with E-state index in [0.29, 0.717) is 18.8 Å². The second-order valence-electron chi connectivity index (χ2n) is 4.41. The molecule has 0 unspecified atom stereocenters. The van der Waals surface area contributed by atoms with Crippen LogP contribution in [0.1, 0.15) is 22.2 Å². The molecule has 0 fully saturated rings. The van der Waals surface area contributed by atoms with Crippen LogP contribution >= 0.6 is 11.3 Å². The average molecular weight is 304 g/mol. The summed E-state index contributed by atoms with van der Waals surface area (Å²) in [4.78, 5) is 25.8. The zero-order valence-electron chi connectivity index (χ0n) is 11.6. The van der Waals surface area contributed by atoms with E-state index in [2.05, 4.69) is 5.32 Å². The monoisotopic (exact) mass is 304 g/mol. The summed E-state index contributed by atoms with van der Waals surface area (Å²) < 4.78 is 0. The minimum Gasteiger partial charge on any atom is -0.478 e. The Morgan fingerprint density at radius 1 is 1.24 bits per heavy atom. The molecule has 110 valence electrons. The number of urea groups is 1. The Kier molecular flexibility index (Phi) is 4.94. The molecule has 0 atom stereocenters. The highest BCUT2D eigenvalue weighted by Gasteiger charge is 2.13. The van der Waals surface area contributed by atoms with Crippen molar-refractivity contribution in [1.29, 1.82) is 0 Å².